The largest absolute Gasteiger partial charge is 0.454 e. The fourth-order valence-electron chi connectivity index (χ4n) is 8.29. The molecule has 0 spiro atoms. The maximum Gasteiger partial charge on any atom is 0.306 e. The highest BCUT2D eigenvalue weighted by Gasteiger charge is 2.47. The number of aliphatic hydroxyl groups is 5. The van der Waals surface area contributed by atoms with E-state index in [2.05, 4.69) is 56.5 Å². The number of carbonyl (C=O) groups is 2. The number of hydrogen-bond acceptors (Lipinski definition) is 10. The smallest absolute Gasteiger partial charge is 0.306 e. The predicted molar refractivity (Wildman–Crippen MR) is 278 cm³/mol. The van der Waals surface area contributed by atoms with Crippen molar-refractivity contribution >= 4 is 11.9 Å². The summed E-state index contributed by atoms with van der Waals surface area (Å²) in [5.74, 6) is -1.22. The topological polar surface area (TPSA) is 175 Å². The Bertz CT molecular complexity index is 1330. The fraction of sp³-hybridized carbons (Fsp3) is 0.789. The Balaban J connectivity index is 2.77. The van der Waals surface area contributed by atoms with Gasteiger partial charge < -0.3 is 45.1 Å². The van der Waals surface area contributed by atoms with Gasteiger partial charge in [0.25, 0.3) is 0 Å². The van der Waals surface area contributed by atoms with Crippen LogP contribution in [0.5, 0.6) is 0 Å². The van der Waals surface area contributed by atoms with Crippen molar-refractivity contribution < 1.29 is 49.3 Å². The van der Waals surface area contributed by atoms with Gasteiger partial charge in [-0.1, -0.05) is 210 Å². The Morgan fingerprint density at radius 1 is 0.588 bits per heavy atom. The zero-order valence-corrected chi connectivity index (χ0v) is 43.2. The minimum atomic E-state index is -1.62. The van der Waals surface area contributed by atoms with Gasteiger partial charge in [0, 0.05) is 6.42 Å². The molecule has 8 atom stereocenters. The molecule has 1 amide bonds. The Morgan fingerprint density at radius 2 is 1.07 bits per heavy atom. The van der Waals surface area contributed by atoms with Crippen LogP contribution in [0.15, 0.2) is 60.8 Å². The predicted octanol–water partition coefficient (Wildman–Crippen LogP) is 11.9. The van der Waals surface area contributed by atoms with E-state index in [1.165, 1.54) is 89.9 Å². The van der Waals surface area contributed by atoms with Gasteiger partial charge in [0.2, 0.25) is 5.91 Å². The number of rotatable bonds is 45. The molecule has 394 valence electrons. The van der Waals surface area contributed by atoms with Gasteiger partial charge in [-0.25, -0.2) is 0 Å². The lowest BCUT2D eigenvalue weighted by atomic mass is 9.99. The molecule has 1 aliphatic rings. The molecule has 1 rings (SSSR count). The molecule has 1 saturated heterocycles. The van der Waals surface area contributed by atoms with Crippen molar-refractivity contribution in [2.75, 3.05) is 13.2 Å². The molecule has 0 aliphatic carbocycles. The summed E-state index contributed by atoms with van der Waals surface area (Å²) in [7, 11) is 0. The number of aliphatic hydroxyl groups excluding tert-OH is 5. The van der Waals surface area contributed by atoms with Crippen LogP contribution in [0.25, 0.3) is 0 Å². The van der Waals surface area contributed by atoms with E-state index in [-0.39, 0.29) is 19.4 Å². The van der Waals surface area contributed by atoms with E-state index in [1.807, 2.05) is 24.3 Å². The second-order valence-electron chi connectivity index (χ2n) is 19.0. The molecular weight excluding hydrogens is 859 g/mol. The first kappa shape index (κ1) is 63.4. The molecule has 1 heterocycles. The maximum atomic E-state index is 13.3. The van der Waals surface area contributed by atoms with E-state index < -0.39 is 67.4 Å². The lowest BCUT2D eigenvalue weighted by molar-refractivity contribution is -0.305. The van der Waals surface area contributed by atoms with Crippen molar-refractivity contribution in [3.63, 3.8) is 0 Å². The SMILES string of the molecule is CC/C=C/C=C/C=C\CCCCCCCC(=O)OC1C(OCC(NC(=O)C(O)CCCCCCCC/C=C\CCCCCC)C(O)/C=C/CCCCCCCCCCCC)OC(CO)C(O)C1O. The third-order valence-electron chi connectivity index (χ3n) is 12.7. The Morgan fingerprint density at radius 3 is 1.63 bits per heavy atom. The Labute approximate surface area is 414 Å². The van der Waals surface area contributed by atoms with Crippen molar-refractivity contribution in [1.82, 2.24) is 5.32 Å². The number of amides is 1. The van der Waals surface area contributed by atoms with Gasteiger partial charge in [-0.05, 0) is 70.6 Å². The molecular formula is C57H101NO10. The van der Waals surface area contributed by atoms with E-state index in [9.17, 15) is 35.1 Å². The molecule has 8 unspecified atom stereocenters. The minimum absolute atomic E-state index is 0.0987. The molecule has 1 aliphatic heterocycles. The van der Waals surface area contributed by atoms with Gasteiger partial charge in [0.1, 0.15) is 24.4 Å². The van der Waals surface area contributed by atoms with Gasteiger partial charge in [0.05, 0.1) is 25.4 Å². The van der Waals surface area contributed by atoms with E-state index in [0.29, 0.717) is 12.8 Å². The average molecular weight is 960 g/mol. The first-order valence-electron chi connectivity index (χ1n) is 27.6. The third kappa shape index (κ3) is 33.8. The molecule has 0 aromatic heterocycles. The number of hydrogen-bond donors (Lipinski definition) is 6. The molecule has 0 bridgehead atoms. The quantitative estimate of drug-likeness (QED) is 0.0149. The number of nitrogens with one attached hydrogen (secondary N) is 1. The lowest BCUT2D eigenvalue weighted by Gasteiger charge is -2.41. The molecule has 0 aromatic carbocycles. The summed E-state index contributed by atoms with van der Waals surface area (Å²) in [4.78, 5) is 26.4. The summed E-state index contributed by atoms with van der Waals surface area (Å²) in [6, 6.07) is -1.03. The monoisotopic (exact) mass is 960 g/mol. The number of ether oxygens (including phenoxy) is 3. The molecule has 6 N–H and O–H groups in total. The summed E-state index contributed by atoms with van der Waals surface area (Å²) in [6.45, 7) is 5.60. The molecule has 0 radical (unpaired) electrons. The first-order chi connectivity index (χ1) is 33.2. The molecule has 0 saturated carbocycles. The van der Waals surface area contributed by atoms with Crippen LogP contribution in [0.3, 0.4) is 0 Å². The van der Waals surface area contributed by atoms with Crippen LogP contribution >= 0.6 is 0 Å². The third-order valence-corrected chi connectivity index (χ3v) is 12.7. The lowest BCUT2D eigenvalue weighted by Crippen LogP contribution is -2.61. The van der Waals surface area contributed by atoms with Crippen LogP contribution in [0.2, 0.25) is 0 Å². The molecule has 1 fully saturated rings. The number of carbonyl (C=O) groups excluding carboxylic acids is 2. The van der Waals surface area contributed by atoms with E-state index in [4.69, 9.17) is 14.2 Å². The van der Waals surface area contributed by atoms with Crippen LogP contribution < -0.4 is 5.32 Å². The summed E-state index contributed by atoms with van der Waals surface area (Å²) < 4.78 is 17.5. The van der Waals surface area contributed by atoms with Gasteiger partial charge in [0.15, 0.2) is 12.4 Å². The van der Waals surface area contributed by atoms with Crippen molar-refractivity contribution in [3.8, 4) is 0 Å². The average Bonchev–Trinajstić information content (AvgIpc) is 3.33. The van der Waals surface area contributed by atoms with E-state index >= 15 is 0 Å². The Hall–Kier alpha value is -2.64. The van der Waals surface area contributed by atoms with Crippen LogP contribution in [0, 0.1) is 0 Å². The zero-order valence-electron chi connectivity index (χ0n) is 43.2. The second kappa shape index (κ2) is 45.5. The summed E-state index contributed by atoms with van der Waals surface area (Å²) in [5, 5.41) is 56.7. The van der Waals surface area contributed by atoms with Gasteiger partial charge in [-0.15, -0.1) is 0 Å². The number of allylic oxidation sites excluding steroid dienone is 9. The Kier molecular flexibility index (Phi) is 42.4. The molecule has 0 aromatic rings. The van der Waals surface area contributed by atoms with Gasteiger partial charge >= 0.3 is 5.97 Å². The fourth-order valence-corrected chi connectivity index (χ4v) is 8.29. The maximum absolute atomic E-state index is 13.3. The highest BCUT2D eigenvalue weighted by Crippen LogP contribution is 2.26. The van der Waals surface area contributed by atoms with E-state index in [0.717, 1.165) is 89.9 Å². The summed E-state index contributed by atoms with van der Waals surface area (Å²) in [5.41, 5.74) is 0. The molecule has 68 heavy (non-hydrogen) atoms. The molecule has 11 heteroatoms. The van der Waals surface area contributed by atoms with Crippen LogP contribution in [0.4, 0.5) is 0 Å². The van der Waals surface area contributed by atoms with Gasteiger partial charge in [-0.3, -0.25) is 9.59 Å². The number of unbranched alkanes of at least 4 members (excludes halogenated alkanes) is 25. The van der Waals surface area contributed by atoms with Crippen molar-refractivity contribution in [2.45, 2.75) is 275 Å². The highest BCUT2D eigenvalue weighted by molar-refractivity contribution is 5.80. The summed E-state index contributed by atoms with van der Waals surface area (Å²) >= 11 is 0. The van der Waals surface area contributed by atoms with Crippen molar-refractivity contribution in [2.24, 2.45) is 0 Å². The van der Waals surface area contributed by atoms with Crippen LogP contribution in [-0.2, 0) is 23.8 Å². The van der Waals surface area contributed by atoms with Crippen molar-refractivity contribution in [1.29, 1.82) is 0 Å². The van der Waals surface area contributed by atoms with Crippen molar-refractivity contribution in [3.05, 3.63) is 60.8 Å². The highest BCUT2D eigenvalue weighted by atomic mass is 16.7. The number of esters is 1. The van der Waals surface area contributed by atoms with Crippen LogP contribution in [-0.4, -0.2) is 99.6 Å². The zero-order chi connectivity index (χ0) is 49.7. The second-order valence-corrected chi connectivity index (χ2v) is 19.0. The summed E-state index contributed by atoms with van der Waals surface area (Å²) in [6.07, 6.45) is 44.1. The minimum Gasteiger partial charge on any atom is -0.454 e. The first-order valence-corrected chi connectivity index (χ1v) is 27.6. The molecule has 11 nitrogen and oxygen atoms in total. The van der Waals surface area contributed by atoms with E-state index in [1.54, 1.807) is 6.08 Å². The van der Waals surface area contributed by atoms with Gasteiger partial charge in [-0.2, -0.15) is 0 Å². The normalized spacial score (nSPS) is 20.4. The standard InChI is InChI=1S/C57H101NO10/c1-4-7-10-13-16-19-22-25-27-29-32-35-38-41-44-50(61)56(65)58-48(49(60)43-40-37-34-31-28-24-21-18-15-12-9-6-3)47-66-57-55(54(64)53(63)51(46-59)67-57)68-52(62)45-42-39-36-33-30-26-23-20-17-14-11-8-5-2/h8,11,14,17,19-20,22-23,40,43,48-51,53-55,57,59-61,63-64H,4-7,9-10,12-13,15-16,18,21,24-39,41-42,44-47H2,1-3H3,(H,58,65)/b11-8+,17-14+,22-19-,23-20-,43-40+. The van der Waals surface area contributed by atoms with Crippen LogP contribution in [0.1, 0.15) is 226 Å².